The lowest BCUT2D eigenvalue weighted by Crippen LogP contribution is -2.13. The molecule has 0 spiro atoms. The summed E-state index contributed by atoms with van der Waals surface area (Å²) >= 11 is 0. The predicted octanol–water partition coefficient (Wildman–Crippen LogP) is 3.14. The highest BCUT2D eigenvalue weighted by atomic mass is 16.5. The lowest BCUT2D eigenvalue weighted by molar-refractivity contribution is 0.153. The van der Waals surface area contributed by atoms with Gasteiger partial charge >= 0.3 is 6.09 Å². The van der Waals surface area contributed by atoms with Gasteiger partial charge in [-0.3, -0.25) is 10.3 Å². The standard InChI is InChI=1S/C14H14N2O2/c1-11-5-7-12(8-6-11)16-14(17)18-10-13-4-2-3-9-15-13/h2-9H,10H2,1H3,(H,16,17). The van der Waals surface area contributed by atoms with Crippen molar-refractivity contribution in [1.29, 1.82) is 0 Å². The summed E-state index contributed by atoms with van der Waals surface area (Å²) in [5.74, 6) is 0. The monoisotopic (exact) mass is 242 g/mol. The lowest BCUT2D eigenvalue weighted by atomic mass is 10.2. The van der Waals surface area contributed by atoms with Crippen LogP contribution in [0.1, 0.15) is 11.3 Å². The number of hydrogen-bond donors (Lipinski definition) is 1. The molecule has 0 saturated carbocycles. The maximum absolute atomic E-state index is 11.5. The van der Waals surface area contributed by atoms with E-state index >= 15 is 0 Å². The van der Waals surface area contributed by atoms with Gasteiger partial charge in [-0.25, -0.2) is 4.79 Å². The van der Waals surface area contributed by atoms with E-state index in [9.17, 15) is 4.79 Å². The third kappa shape index (κ3) is 3.59. The summed E-state index contributed by atoms with van der Waals surface area (Å²) in [4.78, 5) is 15.6. The number of aryl methyl sites for hydroxylation is 1. The van der Waals surface area contributed by atoms with Crippen LogP contribution >= 0.6 is 0 Å². The smallest absolute Gasteiger partial charge is 0.412 e. The molecule has 1 amide bonds. The zero-order valence-electron chi connectivity index (χ0n) is 10.1. The van der Waals surface area contributed by atoms with Crippen molar-refractivity contribution in [3.05, 3.63) is 59.9 Å². The van der Waals surface area contributed by atoms with E-state index in [1.807, 2.05) is 43.3 Å². The molecule has 1 heterocycles. The van der Waals surface area contributed by atoms with Gasteiger partial charge in [0.25, 0.3) is 0 Å². The fraction of sp³-hybridized carbons (Fsp3) is 0.143. The van der Waals surface area contributed by atoms with Gasteiger partial charge in [-0.2, -0.15) is 0 Å². The SMILES string of the molecule is Cc1ccc(NC(=O)OCc2ccccn2)cc1. The van der Waals surface area contributed by atoms with E-state index in [-0.39, 0.29) is 6.61 Å². The number of nitrogens with one attached hydrogen (secondary N) is 1. The third-order valence-electron chi connectivity index (χ3n) is 2.38. The van der Waals surface area contributed by atoms with Gasteiger partial charge in [0.1, 0.15) is 6.61 Å². The maximum atomic E-state index is 11.5. The predicted molar refractivity (Wildman–Crippen MR) is 69.2 cm³/mol. The number of ether oxygens (including phenoxy) is 1. The van der Waals surface area contributed by atoms with Crippen molar-refractivity contribution in [3.8, 4) is 0 Å². The molecule has 0 bridgehead atoms. The molecule has 2 aromatic rings. The van der Waals surface area contributed by atoms with Crippen LogP contribution in [0, 0.1) is 6.92 Å². The summed E-state index contributed by atoms with van der Waals surface area (Å²) in [5.41, 5.74) is 2.57. The largest absolute Gasteiger partial charge is 0.443 e. The topological polar surface area (TPSA) is 51.2 Å². The van der Waals surface area contributed by atoms with Gasteiger partial charge in [0.05, 0.1) is 5.69 Å². The Morgan fingerprint density at radius 1 is 1.22 bits per heavy atom. The molecule has 1 aromatic heterocycles. The second kappa shape index (κ2) is 5.82. The molecular weight excluding hydrogens is 228 g/mol. The summed E-state index contributed by atoms with van der Waals surface area (Å²) in [6, 6.07) is 13.0. The van der Waals surface area contributed by atoms with Gasteiger partial charge in [-0.15, -0.1) is 0 Å². The second-order valence-electron chi connectivity index (χ2n) is 3.89. The van der Waals surface area contributed by atoms with Crippen LogP contribution in [-0.2, 0) is 11.3 Å². The Bertz CT molecular complexity index is 509. The Balaban J connectivity index is 1.84. The highest BCUT2D eigenvalue weighted by Crippen LogP contribution is 2.09. The van der Waals surface area contributed by atoms with Crippen LogP contribution in [0.3, 0.4) is 0 Å². The molecule has 18 heavy (non-hydrogen) atoms. The lowest BCUT2D eigenvalue weighted by Gasteiger charge is -2.06. The van der Waals surface area contributed by atoms with Crippen molar-refractivity contribution in [2.24, 2.45) is 0 Å². The second-order valence-corrected chi connectivity index (χ2v) is 3.89. The number of benzene rings is 1. The van der Waals surface area contributed by atoms with Crippen LogP contribution in [-0.4, -0.2) is 11.1 Å². The number of anilines is 1. The fourth-order valence-corrected chi connectivity index (χ4v) is 1.41. The Morgan fingerprint density at radius 2 is 2.00 bits per heavy atom. The van der Waals surface area contributed by atoms with Crippen molar-refractivity contribution < 1.29 is 9.53 Å². The number of amides is 1. The van der Waals surface area contributed by atoms with Gasteiger partial charge in [-0.1, -0.05) is 23.8 Å². The molecule has 0 aliphatic heterocycles. The zero-order chi connectivity index (χ0) is 12.8. The number of aromatic nitrogens is 1. The van der Waals surface area contributed by atoms with Crippen LogP contribution in [0.2, 0.25) is 0 Å². The molecule has 0 saturated heterocycles. The normalized spacial score (nSPS) is 9.83. The first-order valence-electron chi connectivity index (χ1n) is 5.64. The number of pyridine rings is 1. The Morgan fingerprint density at radius 3 is 2.67 bits per heavy atom. The highest BCUT2D eigenvalue weighted by Gasteiger charge is 2.03. The van der Waals surface area contributed by atoms with Crippen molar-refractivity contribution >= 4 is 11.8 Å². The molecule has 2 rings (SSSR count). The molecule has 0 fully saturated rings. The van der Waals surface area contributed by atoms with Crippen molar-refractivity contribution in [2.75, 3.05) is 5.32 Å². The molecule has 0 aliphatic rings. The quantitative estimate of drug-likeness (QED) is 0.899. The number of rotatable bonds is 3. The van der Waals surface area contributed by atoms with Gasteiger partial charge in [0, 0.05) is 11.9 Å². The van der Waals surface area contributed by atoms with E-state index in [2.05, 4.69) is 10.3 Å². The van der Waals surface area contributed by atoms with Crippen LogP contribution < -0.4 is 5.32 Å². The molecule has 4 heteroatoms. The molecule has 0 radical (unpaired) electrons. The van der Waals surface area contributed by atoms with E-state index in [0.717, 1.165) is 11.3 Å². The first kappa shape index (κ1) is 12.1. The first-order chi connectivity index (χ1) is 8.74. The Kier molecular flexibility index (Phi) is 3.91. The molecule has 4 nitrogen and oxygen atoms in total. The van der Waals surface area contributed by atoms with Gasteiger partial charge in [0.15, 0.2) is 0 Å². The van der Waals surface area contributed by atoms with E-state index in [4.69, 9.17) is 4.74 Å². The van der Waals surface area contributed by atoms with Crippen LogP contribution in [0.25, 0.3) is 0 Å². The average Bonchev–Trinajstić information content (AvgIpc) is 2.40. The van der Waals surface area contributed by atoms with E-state index < -0.39 is 6.09 Å². The summed E-state index contributed by atoms with van der Waals surface area (Å²) in [6.07, 6.45) is 1.18. The van der Waals surface area contributed by atoms with Crippen LogP contribution in [0.5, 0.6) is 0 Å². The maximum Gasteiger partial charge on any atom is 0.412 e. The molecular formula is C14H14N2O2. The summed E-state index contributed by atoms with van der Waals surface area (Å²) in [5, 5.41) is 2.65. The minimum Gasteiger partial charge on any atom is -0.443 e. The van der Waals surface area contributed by atoms with Gasteiger partial charge in [-0.05, 0) is 31.2 Å². The molecule has 0 unspecified atom stereocenters. The minimum absolute atomic E-state index is 0.165. The summed E-state index contributed by atoms with van der Waals surface area (Å²) in [6.45, 7) is 2.15. The molecule has 0 atom stereocenters. The number of hydrogen-bond acceptors (Lipinski definition) is 3. The molecule has 1 aromatic carbocycles. The van der Waals surface area contributed by atoms with Crippen molar-refractivity contribution in [2.45, 2.75) is 13.5 Å². The molecule has 0 aliphatic carbocycles. The zero-order valence-corrected chi connectivity index (χ0v) is 10.1. The van der Waals surface area contributed by atoms with Crippen LogP contribution in [0.4, 0.5) is 10.5 Å². The van der Waals surface area contributed by atoms with Crippen LogP contribution in [0.15, 0.2) is 48.7 Å². The fourth-order valence-electron chi connectivity index (χ4n) is 1.41. The van der Waals surface area contributed by atoms with Crippen molar-refractivity contribution in [3.63, 3.8) is 0 Å². The Labute approximate surface area is 106 Å². The van der Waals surface area contributed by atoms with Gasteiger partial charge in [0.2, 0.25) is 0 Å². The number of nitrogens with zero attached hydrogens (tertiary/aromatic N) is 1. The van der Waals surface area contributed by atoms with E-state index in [0.29, 0.717) is 5.69 Å². The molecule has 92 valence electrons. The van der Waals surface area contributed by atoms with E-state index in [1.54, 1.807) is 12.3 Å². The Hall–Kier alpha value is -2.36. The minimum atomic E-state index is -0.482. The molecule has 1 N–H and O–H groups in total. The van der Waals surface area contributed by atoms with E-state index in [1.165, 1.54) is 0 Å². The van der Waals surface area contributed by atoms with Crippen molar-refractivity contribution in [1.82, 2.24) is 4.98 Å². The summed E-state index contributed by atoms with van der Waals surface area (Å²) in [7, 11) is 0. The number of carbonyl (C=O) groups excluding carboxylic acids is 1. The average molecular weight is 242 g/mol. The van der Waals surface area contributed by atoms with Gasteiger partial charge < -0.3 is 4.74 Å². The first-order valence-corrected chi connectivity index (χ1v) is 5.64. The summed E-state index contributed by atoms with van der Waals surface area (Å²) < 4.78 is 5.05. The number of carbonyl (C=O) groups is 1. The third-order valence-corrected chi connectivity index (χ3v) is 2.38. The highest BCUT2D eigenvalue weighted by molar-refractivity contribution is 5.84.